The standard InChI is InChI=1S/C21H23N3O3S2/c1-14-8-9-15(12-19(14)29(26,27)24-10-3-2-4-11-24)20(25)23-21-17(13-22)16-6-5-7-18(16)28-21/h8-9,12H,2-7,10-11H2,1H3,(H,23,25). The number of carbonyl (C=O) groups excluding carboxylic acids is 1. The molecule has 0 saturated carbocycles. The Balaban J connectivity index is 1.62. The maximum absolute atomic E-state index is 13.1. The lowest BCUT2D eigenvalue weighted by molar-refractivity contribution is 0.102. The molecule has 4 rings (SSSR count). The van der Waals surface area contributed by atoms with Gasteiger partial charge >= 0.3 is 0 Å². The SMILES string of the molecule is Cc1ccc(C(=O)Nc2sc3c(c2C#N)CCC3)cc1S(=O)(=O)N1CCCCC1. The van der Waals surface area contributed by atoms with Crippen LogP contribution in [-0.4, -0.2) is 31.7 Å². The third kappa shape index (κ3) is 3.70. The number of nitriles is 1. The number of amides is 1. The van der Waals surface area contributed by atoms with Crippen LogP contribution in [0.15, 0.2) is 23.1 Å². The first-order chi connectivity index (χ1) is 13.9. The Hall–Kier alpha value is -2.21. The van der Waals surface area contributed by atoms with Crippen LogP contribution in [0, 0.1) is 18.3 Å². The second-order valence-electron chi connectivity index (χ2n) is 7.57. The van der Waals surface area contributed by atoms with E-state index >= 15 is 0 Å². The number of carbonyl (C=O) groups is 1. The molecule has 1 saturated heterocycles. The minimum atomic E-state index is -3.63. The maximum atomic E-state index is 13.1. The van der Waals surface area contributed by atoms with Crippen LogP contribution in [0.3, 0.4) is 0 Å². The summed E-state index contributed by atoms with van der Waals surface area (Å²) in [5.74, 6) is -0.392. The molecule has 1 amide bonds. The molecule has 2 aliphatic rings. The van der Waals surface area contributed by atoms with Gasteiger partial charge in [-0.05, 0) is 62.3 Å². The zero-order valence-corrected chi connectivity index (χ0v) is 18.0. The first-order valence-corrected chi connectivity index (χ1v) is 12.1. The van der Waals surface area contributed by atoms with Gasteiger partial charge < -0.3 is 5.32 Å². The highest BCUT2D eigenvalue weighted by molar-refractivity contribution is 7.89. The van der Waals surface area contributed by atoms with Crippen molar-refractivity contribution < 1.29 is 13.2 Å². The zero-order valence-electron chi connectivity index (χ0n) is 16.3. The van der Waals surface area contributed by atoms with E-state index in [1.165, 1.54) is 21.7 Å². The molecule has 1 aromatic carbocycles. The van der Waals surface area contributed by atoms with Gasteiger partial charge in [-0.25, -0.2) is 8.42 Å². The van der Waals surface area contributed by atoms with Gasteiger partial charge in [0.2, 0.25) is 10.0 Å². The van der Waals surface area contributed by atoms with Gasteiger partial charge in [0, 0.05) is 23.5 Å². The molecule has 8 heteroatoms. The number of benzene rings is 1. The quantitative estimate of drug-likeness (QED) is 0.799. The Kier molecular flexibility index (Phi) is 5.47. The Morgan fingerprint density at radius 2 is 1.93 bits per heavy atom. The van der Waals surface area contributed by atoms with Crippen molar-refractivity contribution in [2.24, 2.45) is 0 Å². The van der Waals surface area contributed by atoms with Gasteiger partial charge in [0.1, 0.15) is 11.1 Å². The van der Waals surface area contributed by atoms with Crippen LogP contribution in [0.25, 0.3) is 0 Å². The van der Waals surface area contributed by atoms with Gasteiger partial charge in [-0.2, -0.15) is 9.57 Å². The fourth-order valence-corrected chi connectivity index (χ4v) is 7.05. The Morgan fingerprint density at radius 3 is 2.66 bits per heavy atom. The van der Waals surface area contributed by atoms with E-state index in [4.69, 9.17) is 0 Å². The van der Waals surface area contributed by atoms with Crippen LogP contribution in [0.5, 0.6) is 0 Å². The maximum Gasteiger partial charge on any atom is 0.256 e. The van der Waals surface area contributed by atoms with Crippen molar-refractivity contribution in [3.05, 3.63) is 45.3 Å². The van der Waals surface area contributed by atoms with Gasteiger partial charge in [0.25, 0.3) is 5.91 Å². The largest absolute Gasteiger partial charge is 0.312 e. The van der Waals surface area contributed by atoms with E-state index in [2.05, 4.69) is 11.4 Å². The number of hydrogen-bond acceptors (Lipinski definition) is 5. The normalized spacial score (nSPS) is 17.0. The van der Waals surface area contributed by atoms with Crippen molar-refractivity contribution in [3.63, 3.8) is 0 Å². The molecule has 0 bridgehead atoms. The molecule has 2 heterocycles. The van der Waals surface area contributed by atoms with Gasteiger partial charge in [-0.15, -0.1) is 11.3 Å². The molecule has 6 nitrogen and oxygen atoms in total. The predicted octanol–water partition coefficient (Wildman–Crippen LogP) is 3.84. The number of fused-ring (bicyclic) bond motifs is 1. The Labute approximate surface area is 175 Å². The van der Waals surface area contributed by atoms with Crippen LogP contribution >= 0.6 is 11.3 Å². The molecule has 1 aromatic heterocycles. The molecule has 29 heavy (non-hydrogen) atoms. The zero-order chi connectivity index (χ0) is 20.6. The lowest BCUT2D eigenvalue weighted by Gasteiger charge is -2.26. The lowest BCUT2D eigenvalue weighted by atomic mass is 10.1. The summed E-state index contributed by atoms with van der Waals surface area (Å²) >= 11 is 1.45. The fourth-order valence-electron chi connectivity index (χ4n) is 4.05. The van der Waals surface area contributed by atoms with Crippen molar-refractivity contribution in [1.29, 1.82) is 5.26 Å². The molecule has 1 aliphatic heterocycles. The predicted molar refractivity (Wildman–Crippen MR) is 113 cm³/mol. The monoisotopic (exact) mass is 429 g/mol. The van der Waals surface area contributed by atoms with Gasteiger partial charge in [-0.3, -0.25) is 4.79 Å². The minimum absolute atomic E-state index is 0.182. The molecule has 1 N–H and O–H groups in total. The fraction of sp³-hybridized carbons (Fsp3) is 0.429. The lowest BCUT2D eigenvalue weighted by Crippen LogP contribution is -2.36. The number of sulfonamides is 1. The molecule has 0 unspecified atom stereocenters. The molecule has 1 fully saturated rings. The van der Waals surface area contributed by atoms with E-state index in [1.54, 1.807) is 19.1 Å². The number of thiophene rings is 1. The number of aryl methyl sites for hydroxylation is 2. The molecule has 1 aliphatic carbocycles. The van der Waals surface area contributed by atoms with Crippen LogP contribution in [0.4, 0.5) is 5.00 Å². The van der Waals surface area contributed by atoms with Crippen LogP contribution in [-0.2, 0) is 22.9 Å². The van der Waals surface area contributed by atoms with E-state index in [0.29, 0.717) is 29.2 Å². The van der Waals surface area contributed by atoms with Crippen molar-refractivity contribution in [3.8, 4) is 6.07 Å². The summed E-state index contributed by atoms with van der Waals surface area (Å²) in [5.41, 5.74) is 2.50. The third-order valence-electron chi connectivity index (χ3n) is 5.64. The molecular formula is C21H23N3O3S2. The second-order valence-corrected chi connectivity index (χ2v) is 10.6. The van der Waals surface area contributed by atoms with E-state index in [0.717, 1.165) is 49.0 Å². The second kappa shape index (κ2) is 7.90. The third-order valence-corrected chi connectivity index (χ3v) is 8.89. The van der Waals surface area contributed by atoms with E-state index in [-0.39, 0.29) is 10.5 Å². The van der Waals surface area contributed by atoms with E-state index in [1.807, 2.05) is 0 Å². The van der Waals surface area contributed by atoms with Gasteiger partial charge in [0.05, 0.1) is 10.5 Å². The number of hydrogen-bond donors (Lipinski definition) is 1. The number of nitrogens with zero attached hydrogens (tertiary/aromatic N) is 2. The number of rotatable bonds is 4. The summed E-state index contributed by atoms with van der Waals surface area (Å²) in [6.07, 6.45) is 5.61. The van der Waals surface area contributed by atoms with Crippen LogP contribution in [0.1, 0.15) is 57.6 Å². The van der Waals surface area contributed by atoms with Gasteiger partial charge in [0.15, 0.2) is 0 Å². The smallest absolute Gasteiger partial charge is 0.256 e. The summed E-state index contributed by atoms with van der Waals surface area (Å²) in [6.45, 7) is 2.78. The van der Waals surface area contributed by atoms with Crippen LogP contribution in [0.2, 0.25) is 0 Å². The van der Waals surface area contributed by atoms with E-state index in [9.17, 15) is 18.5 Å². The number of anilines is 1. The highest BCUT2D eigenvalue weighted by Crippen LogP contribution is 2.38. The summed E-state index contributed by atoms with van der Waals surface area (Å²) in [5, 5.41) is 12.9. The van der Waals surface area contributed by atoms with E-state index < -0.39 is 15.9 Å². The van der Waals surface area contributed by atoms with Crippen molar-refractivity contribution in [1.82, 2.24) is 4.31 Å². The summed E-state index contributed by atoms with van der Waals surface area (Å²) in [4.78, 5) is 14.2. The van der Waals surface area contributed by atoms with Crippen molar-refractivity contribution >= 4 is 32.3 Å². The average molecular weight is 430 g/mol. The number of piperidine rings is 1. The minimum Gasteiger partial charge on any atom is -0.312 e. The Morgan fingerprint density at radius 1 is 1.17 bits per heavy atom. The Bertz CT molecular complexity index is 1110. The molecule has 2 aromatic rings. The first kappa shape index (κ1) is 20.1. The highest BCUT2D eigenvalue weighted by Gasteiger charge is 2.29. The number of nitrogens with one attached hydrogen (secondary N) is 1. The average Bonchev–Trinajstić information content (AvgIpc) is 3.29. The van der Waals surface area contributed by atoms with Crippen LogP contribution < -0.4 is 5.32 Å². The molecule has 152 valence electrons. The van der Waals surface area contributed by atoms with Crippen molar-refractivity contribution in [2.45, 2.75) is 50.3 Å². The molecular weight excluding hydrogens is 406 g/mol. The molecule has 0 spiro atoms. The topological polar surface area (TPSA) is 90.3 Å². The molecule has 0 atom stereocenters. The highest BCUT2D eigenvalue weighted by atomic mass is 32.2. The van der Waals surface area contributed by atoms with Gasteiger partial charge in [-0.1, -0.05) is 12.5 Å². The first-order valence-electron chi connectivity index (χ1n) is 9.88. The summed E-state index contributed by atoms with van der Waals surface area (Å²) < 4.78 is 27.7. The van der Waals surface area contributed by atoms with Crippen molar-refractivity contribution in [2.75, 3.05) is 18.4 Å². The molecule has 0 radical (unpaired) electrons. The summed E-state index contributed by atoms with van der Waals surface area (Å²) in [7, 11) is -3.63. The summed E-state index contributed by atoms with van der Waals surface area (Å²) in [6, 6.07) is 6.98.